The van der Waals surface area contributed by atoms with Crippen molar-refractivity contribution in [3.05, 3.63) is 71.9 Å². The Morgan fingerprint density at radius 2 is 1.89 bits per heavy atom. The Labute approximate surface area is 163 Å². The van der Waals surface area contributed by atoms with Gasteiger partial charge in [-0.15, -0.1) is 0 Å². The maximum atomic E-state index is 11.2. The first-order valence-corrected chi connectivity index (χ1v) is 9.60. The molecule has 0 unspecified atom stereocenters. The SMILES string of the molecule is CC(C)c1nc(CNC(N)=O)n(Cc2ccncc2)c1Sc1ccccc1. The number of nitrogens with two attached hydrogens (primary N) is 1. The largest absolute Gasteiger partial charge is 0.352 e. The smallest absolute Gasteiger partial charge is 0.312 e. The van der Waals surface area contributed by atoms with Gasteiger partial charge in [0.2, 0.25) is 0 Å². The molecular formula is C20H23N5OS. The number of carbonyl (C=O) groups excluding carboxylic acids is 1. The van der Waals surface area contributed by atoms with E-state index in [4.69, 9.17) is 10.7 Å². The van der Waals surface area contributed by atoms with E-state index in [1.807, 2.05) is 30.3 Å². The standard InChI is InChI=1S/C20H23N5OS/c1-14(2)18-19(27-16-6-4-3-5-7-16)25(13-15-8-10-22-11-9-15)17(24-18)12-23-20(21)26/h3-11,14H,12-13H2,1-2H3,(H3,21,23,26). The Bertz CT molecular complexity index is 893. The van der Waals surface area contributed by atoms with Gasteiger partial charge in [0.05, 0.1) is 12.2 Å². The van der Waals surface area contributed by atoms with Crippen LogP contribution in [-0.2, 0) is 13.1 Å². The quantitative estimate of drug-likeness (QED) is 0.652. The van der Waals surface area contributed by atoms with Crippen LogP contribution in [0.5, 0.6) is 0 Å². The van der Waals surface area contributed by atoms with Crippen molar-refractivity contribution in [1.82, 2.24) is 19.9 Å². The first-order valence-electron chi connectivity index (χ1n) is 8.79. The number of rotatable bonds is 7. The number of primary amides is 1. The molecule has 0 saturated carbocycles. The molecule has 0 bridgehead atoms. The van der Waals surface area contributed by atoms with Crippen LogP contribution in [-0.4, -0.2) is 20.6 Å². The van der Waals surface area contributed by atoms with Gasteiger partial charge in [0.15, 0.2) is 0 Å². The van der Waals surface area contributed by atoms with Crippen LogP contribution in [0.25, 0.3) is 0 Å². The third-order valence-corrected chi connectivity index (χ3v) is 5.17. The zero-order valence-electron chi connectivity index (χ0n) is 15.4. The summed E-state index contributed by atoms with van der Waals surface area (Å²) >= 11 is 1.68. The number of aromatic nitrogens is 3. The van der Waals surface area contributed by atoms with Crippen LogP contribution in [0, 0.1) is 0 Å². The van der Waals surface area contributed by atoms with Gasteiger partial charge in [-0.1, -0.05) is 43.8 Å². The molecule has 7 heteroatoms. The summed E-state index contributed by atoms with van der Waals surface area (Å²) < 4.78 is 2.15. The Balaban J connectivity index is 2.04. The number of carbonyl (C=O) groups is 1. The number of hydrogen-bond acceptors (Lipinski definition) is 4. The molecule has 2 heterocycles. The molecule has 0 saturated heterocycles. The molecule has 6 nitrogen and oxygen atoms in total. The Hall–Kier alpha value is -2.80. The number of urea groups is 1. The Morgan fingerprint density at radius 3 is 2.52 bits per heavy atom. The lowest BCUT2D eigenvalue weighted by Crippen LogP contribution is -2.30. The van der Waals surface area contributed by atoms with Crippen LogP contribution in [0.4, 0.5) is 4.79 Å². The molecule has 3 aromatic rings. The summed E-state index contributed by atoms with van der Waals surface area (Å²) in [6.07, 6.45) is 3.56. The van der Waals surface area contributed by atoms with Crippen LogP contribution in [0.3, 0.4) is 0 Å². The molecule has 0 fully saturated rings. The molecule has 1 aromatic carbocycles. The maximum Gasteiger partial charge on any atom is 0.312 e. The van der Waals surface area contributed by atoms with E-state index in [-0.39, 0.29) is 12.5 Å². The second kappa shape index (κ2) is 8.73. The number of hydrogen-bond donors (Lipinski definition) is 2. The predicted molar refractivity (Wildman–Crippen MR) is 107 cm³/mol. The monoisotopic (exact) mass is 381 g/mol. The van der Waals surface area contributed by atoms with Crippen molar-refractivity contribution in [2.24, 2.45) is 5.73 Å². The van der Waals surface area contributed by atoms with Crippen molar-refractivity contribution >= 4 is 17.8 Å². The van der Waals surface area contributed by atoms with E-state index < -0.39 is 6.03 Å². The molecule has 0 aliphatic heterocycles. The van der Waals surface area contributed by atoms with Crippen LogP contribution < -0.4 is 11.1 Å². The average molecular weight is 382 g/mol. The fourth-order valence-corrected chi connectivity index (χ4v) is 3.90. The van der Waals surface area contributed by atoms with Gasteiger partial charge in [-0.05, 0) is 35.7 Å². The lowest BCUT2D eigenvalue weighted by molar-refractivity contribution is 0.248. The lowest BCUT2D eigenvalue weighted by atomic mass is 10.1. The van der Waals surface area contributed by atoms with Gasteiger partial charge >= 0.3 is 6.03 Å². The first-order chi connectivity index (χ1) is 13.0. The van der Waals surface area contributed by atoms with E-state index >= 15 is 0 Å². The van der Waals surface area contributed by atoms with Gasteiger partial charge in [-0.25, -0.2) is 9.78 Å². The van der Waals surface area contributed by atoms with Gasteiger partial charge < -0.3 is 15.6 Å². The van der Waals surface area contributed by atoms with Crippen molar-refractivity contribution in [2.45, 2.75) is 42.8 Å². The molecule has 3 rings (SSSR count). The van der Waals surface area contributed by atoms with Crippen molar-refractivity contribution in [1.29, 1.82) is 0 Å². The molecule has 0 spiro atoms. The fraction of sp³-hybridized carbons (Fsp3) is 0.250. The minimum atomic E-state index is -0.558. The van der Waals surface area contributed by atoms with E-state index in [0.29, 0.717) is 6.54 Å². The summed E-state index contributed by atoms with van der Waals surface area (Å²) in [4.78, 5) is 21.3. The third-order valence-electron chi connectivity index (χ3n) is 4.04. The summed E-state index contributed by atoms with van der Waals surface area (Å²) in [6.45, 7) is 5.18. The number of pyridine rings is 1. The van der Waals surface area contributed by atoms with Gasteiger partial charge in [0, 0.05) is 23.8 Å². The minimum absolute atomic E-state index is 0.252. The normalized spacial score (nSPS) is 10.9. The van der Waals surface area contributed by atoms with Crippen LogP contribution in [0.2, 0.25) is 0 Å². The summed E-state index contributed by atoms with van der Waals surface area (Å²) in [5, 5.41) is 3.74. The summed E-state index contributed by atoms with van der Waals surface area (Å²) in [5.41, 5.74) is 7.40. The highest BCUT2D eigenvalue weighted by atomic mass is 32.2. The van der Waals surface area contributed by atoms with Gasteiger partial charge in [-0.3, -0.25) is 4.98 Å². The zero-order valence-corrected chi connectivity index (χ0v) is 16.2. The number of benzene rings is 1. The minimum Gasteiger partial charge on any atom is -0.352 e. The van der Waals surface area contributed by atoms with E-state index in [1.54, 1.807) is 24.2 Å². The van der Waals surface area contributed by atoms with E-state index in [1.165, 1.54) is 0 Å². The van der Waals surface area contributed by atoms with Gasteiger partial charge in [0.25, 0.3) is 0 Å². The summed E-state index contributed by atoms with van der Waals surface area (Å²) in [6, 6.07) is 13.6. The molecule has 0 aliphatic carbocycles. The van der Waals surface area contributed by atoms with Gasteiger partial charge in [-0.2, -0.15) is 0 Å². The molecule has 0 aliphatic rings. The van der Waals surface area contributed by atoms with E-state index in [0.717, 1.165) is 27.0 Å². The van der Waals surface area contributed by atoms with Crippen molar-refractivity contribution < 1.29 is 4.79 Å². The molecule has 2 amide bonds. The molecule has 0 atom stereocenters. The number of nitrogens with one attached hydrogen (secondary N) is 1. The first kappa shape index (κ1) is 19.0. The highest BCUT2D eigenvalue weighted by Gasteiger charge is 2.21. The predicted octanol–water partition coefficient (Wildman–Crippen LogP) is 3.77. The average Bonchev–Trinajstić information content (AvgIpc) is 2.99. The second-order valence-electron chi connectivity index (χ2n) is 6.45. The molecule has 27 heavy (non-hydrogen) atoms. The van der Waals surface area contributed by atoms with Crippen molar-refractivity contribution in [3.63, 3.8) is 0 Å². The van der Waals surface area contributed by atoms with Crippen molar-refractivity contribution in [2.75, 3.05) is 0 Å². The maximum absolute atomic E-state index is 11.2. The molecule has 3 N–H and O–H groups in total. The Kier molecular flexibility index (Phi) is 6.13. The number of imidazole rings is 1. The van der Waals surface area contributed by atoms with Crippen molar-refractivity contribution in [3.8, 4) is 0 Å². The second-order valence-corrected chi connectivity index (χ2v) is 7.51. The third kappa shape index (κ3) is 4.89. The molecule has 0 radical (unpaired) electrons. The highest BCUT2D eigenvalue weighted by molar-refractivity contribution is 7.99. The Morgan fingerprint density at radius 1 is 1.19 bits per heavy atom. The van der Waals surface area contributed by atoms with Crippen LogP contribution >= 0.6 is 11.8 Å². The van der Waals surface area contributed by atoms with Crippen LogP contribution in [0.1, 0.15) is 36.8 Å². The molecular weight excluding hydrogens is 358 g/mol. The summed E-state index contributed by atoms with van der Waals surface area (Å²) in [7, 11) is 0. The zero-order chi connectivity index (χ0) is 19.2. The lowest BCUT2D eigenvalue weighted by Gasteiger charge is -2.13. The fourth-order valence-electron chi connectivity index (χ4n) is 2.72. The molecule has 2 aromatic heterocycles. The molecule has 140 valence electrons. The topological polar surface area (TPSA) is 85.8 Å². The van der Waals surface area contributed by atoms with E-state index in [2.05, 4.69) is 40.8 Å². The van der Waals surface area contributed by atoms with Crippen LogP contribution in [0.15, 0.2) is 64.8 Å². The highest BCUT2D eigenvalue weighted by Crippen LogP contribution is 2.35. The van der Waals surface area contributed by atoms with Gasteiger partial charge in [0.1, 0.15) is 10.9 Å². The number of nitrogens with zero attached hydrogens (tertiary/aromatic N) is 3. The number of amides is 2. The van der Waals surface area contributed by atoms with E-state index in [9.17, 15) is 4.79 Å². The summed E-state index contributed by atoms with van der Waals surface area (Å²) in [5.74, 6) is 1.04.